The van der Waals surface area contributed by atoms with E-state index in [1.807, 2.05) is 24.1 Å². The van der Waals surface area contributed by atoms with Gasteiger partial charge in [0.25, 0.3) is 0 Å². The zero-order chi connectivity index (χ0) is 15.1. The molecule has 2 rings (SSSR count). The van der Waals surface area contributed by atoms with Crippen molar-refractivity contribution >= 4 is 5.69 Å². The Balaban J connectivity index is 1.88. The van der Waals surface area contributed by atoms with Gasteiger partial charge in [-0.1, -0.05) is 6.07 Å². The molecule has 0 bridgehead atoms. The van der Waals surface area contributed by atoms with E-state index in [2.05, 4.69) is 5.32 Å². The molecule has 1 aromatic rings. The van der Waals surface area contributed by atoms with Crippen molar-refractivity contribution in [2.45, 2.75) is 25.5 Å². The highest BCUT2D eigenvalue weighted by Gasteiger charge is 2.19. The van der Waals surface area contributed by atoms with E-state index in [4.69, 9.17) is 9.47 Å². The third-order valence-electron chi connectivity index (χ3n) is 3.74. The molecule has 1 fully saturated rings. The Morgan fingerprint density at radius 2 is 2.33 bits per heavy atom. The first-order chi connectivity index (χ1) is 10.2. The van der Waals surface area contributed by atoms with E-state index in [-0.39, 0.29) is 11.9 Å². The number of methoxy groups -OCH3 is 1. The highest BCUT2D eigenvalue weighted by molar-refractivity contribution is 5.48. The summed E-state index contributed by atoms with van der Waals surface area (Å²) < 4.78 is 24.8. The van der Waals surface area contributed by atoms with Gasteiger partial charge in [0.15, 0.2) is 0 Å². The fourth-order valence-corrected chi connectivity index (χ4v) is 2.57. The lowest BCUT2D eigenvalue weighted by Crippen LogP contribution is -2.29. The summed E-state index contributed by atoms with van der Waals surface area (Å²) >= 11 is 0. The maximum Gasteiger partial charge on any atom is 0.146 e. The van der Waals surface area contributed by atoms with Crippen LogP contribution >= 0.6 is 0 Å². The molecule has 0 saturated carbocycles. The maximum atomic E-state index is 14.2. The summed E-state index contributed by atoms with van der Waals surface area (Å²) in [7, 11) is 3.58. The Kier molecular flexibility index (Phi) is 6.42. The van der Waals surface area contributed by atoms with Gasteiger partial charge >= 0.3 is 0 Å². The second kappa shape index (κ2) is 8.32. The summed E-state index contributed by atoms with van der Waals surface area (Å²) in [6.45, 7) is 3.63. The predicted molar refractivity (Wildman–Crippen MR) is 82.2 cm³/mol. The molecule has 0 aromatic heterocycles. The van der Waals surface area contributed by atoms with Crippen LogP contribution in [-0.2, 0) is 16.0 Å². The van der Waals surface area contributed by atoms with Crippen LogP contribution in [0.2, 0.25) is 0 Å². The zero-order valence-corrected chi connectivity index (χ0v) is 12.9. The number of halogens is 1. The van der Waals surface area contributed by atoms with E-state index >= 15 is 0 Å². The van der Waals surface area contributed by atoms with Gasteiger partial charge in [-0.05, 0) is 30.5 Å². The average Bonchev–Trinajstić information content (AvgIpc) is 2.96. The molecule has 0 spiro atoms. The number of ether oxygens (including phenoxy) is 2. The molecule has 1 saturated heterocycles. The molecule has 1 aliphatic rings. The minimum Gasteiger partial charge on any atom is -0.383 e. The number of hydrogen-bond acceptors (Lipinski definition) is 4. The summed E-state index contributed by atoms with van der Waals surface area (Å²) in [5.41, 5.74) is 1.57. The molecule has 1 aliphatic heterocycles. The van der Waals surface area contributed by atoms with Crippen molar-refractivity contribution in [3.8, 4) is 0 Å². The molecule has 118 valence electrons. The van der Waals surface area contributed by atoms with Crippen LogP contribution in [-0.4, -0.2) is 46.6 Å². The van der Waals surface area contributed by atoms with E-state index in [0.29, 0.717) is 18.8 Å². The first kappa shape index (κ1) is 16.2. The molecule has 1 atom stereocenters. The van der Waals surface area contributed by atoms with Crippen molar-refractivity contribution in [2.24, 2.45) is 0 Å². The SMILES string of the molecule is COCCNCc1ccc(N(C)CC2CCCO2)c(F)c1. The molecule has 5 heteroatoms. The number of nitrogens with zero attached hydrogens (tertiary/aromatic N) is 1. The Morgan fingerprint density at radius 3 is 3.00 bits per heavy atom. The van der Waals surface area contributed by atoms with Crippen LogP contribution in [0.15, 0.2) is 18.2 Å². The molecule has 1 heterocycles. The highest BCUT2D eigenvalue weighted by atomic mass is 19.1. The van der Waals surface area contributed by atoms with Crippen molar-refractivity contribution in [1.82, 2.24) is 5.32 Å². The van der Waals surface area contributed by atoms with E-state index in [9.17, 15) is 4.39 Å². The van der Waals surface area contributed by atoms with E-state index < -0.39 is 0 Å². The third kappa shape index (κ3) is 4.95. The average molecular weight is 296 g/mol. The van der Waals surface area contributed by atoms with Crippen LogP contribution in [0.1, 0.15) is 18.4 Å². The highest BCUT2D eigenvalue weighted by Crippen LogP contribution is 2.22. The Bertz CT molecular complexity index is 436. The number of anilines is 1. The van der Waals surface area contributed by atoms with Gasteiger partial charge in [-0.3, -0.25) is 0 Å². The van der Waals surface area contributed by atoms with Crippen LogP contribution in [0, 0.1) is 5.82 Å². The van der Waals surface area contributed by atoms with Crippen LogP contribution in [0.25, 0.3) is 0 Å². The summed E-state index contributed by atoms with van der Waals surface area (Å²) in [5.74, 6) is -0.179. The second-order valence-electron chi connectivity index (χ2n) is 5.47. The van der Waals surface area contributed by atoms with Gasteiger partial charge in [0, 0.05) is 40.4 Å². The van der Waals surface area contributed by atoms with Gasteiger partial charge in [0.05, 0.1) is 18.4 Å². The summed E-state index contributed by atoms with van der Waals surface area (Å²) in [6.07, 6.45) is 2.39. The molecular formula is C16H25FN2O2. The minimum absolute atomic E-state index is 0.179. The van der Waals surface area contributed by atoms with Gasteiger partial charge in [-0.15, -0.1) is 0 Å². The number of nitrogens with one attached hydrogen (secondary N) is 1. The second-order valence-corrected chi connectivity index (χ2v) is 5.47. The topological polar surface area (TPSA) is 33.7 Å². The Morgan fingerprint density at radius 1 is 1.48 bits per heavy atom. The lowest BCUT2D eigenvalue weighted by Gasteiger charge is -2.23. The molecule has 1 aromatic carbocycles. The van der Waals surface area contributed by atoms with Crippen LogP contribution in [0.3, 0.4) is 0 Å². The summed E-state index contributed by atoms with van der Waals surface area (Å²) in [5, 5.41) is 3.21. The molecule has 0 radical (unpaired) electrons. The van der Waals surface area contributed by atoms with Gasteiger partial charge in [0.2, 0.25) is 0 Å². The quantitative estimate of drug-likeness (QED) is 0.746. The normalized spacial score (nSPS) is 18.1. The third-order valence-corrected chi connectivity index (χ3v) is 3.74. The lowest BCUT2D eigenvalue weighted by molar-refractivity contribution is 0.116. The van der Waals surface area contributed by atoms with Crippen molar-refractivity contribution in [3.63, 3.8) is 0 Å². The molecule has 21 heavy (non-hydrogen) atoms. The van der Waals surface area contributed by atoms with E-state index in [0.717, 1.165) is 38.1 Å². The molecular weight excluding hydrogens is 271 g/mol. The first-order valence-corrected chi connectivity index (χ1v) is 7.51. The zero-order valence-electron chi connectivity index (χ0n) is 12.9. The smallest absolute Gasteiger partial charge is 0.146 e. The minimum atomic E-state index is -0.179. The van der Waals surface area contributed by atoms with Crippen molar-refractivity contribution in [3.05, 3.63) is 29.6 Å². The van der Waals surface area contributed by atoms with E-state index in [1.165, 1.54) is 0 Å². The van der Waals surface area contributed by atoms with Crippen molar-refractivity contribution in [2.75, 3.05) is 45.4 Å². The van der Waals surface area contributed by atoms with Crippen molar-refractivity contribution < 1.29 is 13.9 Å². The predicted octanol–water partition coefficient (Wildman–Crippen LogP) is 2.18. The Labute approximate surface area is 126 Å². The number of rotatable bonds is 8. The van der Waals surface area contributed by atoms with Crippen LogP contribution in [0.5, 0.6) is 0 Å². The fraction of sp³-hybridized carbons (Fsp3) is 0.625. The summed E-state index contributed by atoms with van der Waals surface area (Å²) in [6, 6.07) is 5.41. The molecule has 4 nitrogen and oxygen atoms in total. The Hall–Kier alpha value is -1.17. The van der Waals surface area contributed by atoms with Gasteiger partial charge in [-0.25, -0.2) is 4.39 Å². The van der Waals surface area contributed by atoms with Crippen LogP contribution < -0.4 is 10.2 Å². The molecule has 1 N–H and O–H groups in total. The maximum absolute atomic E-state index is 14.2. The molecule has 1 unspecified atom stereocenters. The number of hydrogen-bond donors (Lipinski definition) is 1. The van der Waals surface area contributed by atoms with Gasteiger partial charge in [-0.2, -0.15) is 0 Å². The largest absolute Gasteiger partial charge is 0.383 e. The standard InChI is InChI=1S/C16H25FN2O2/c1-19(12-14-4-3-8-21-14)16-6-5-13(10-15(16)17)11-18-7-9-20-2/h5-6,10,14,18H,3-4,7-9,11-12H2,1-2H3. The fourth-order valence-electron chi connectivity index (χ4n) is 2.57. The van der Waals surface area contributed by atoms with E-state index in [1.54, 1.807) is 13.2 Å². The van der Waals surface area contributed by atoms with Crippen LogP contribution in [0.4, 0.5) is 10.1 Å². The molecule has 0 amide bonds. The number of likely N-dealkylation sites (N-methyl/N-ethyl adjacent to an activating group) is 1. The molecule has 0 aliphatic carbocycles. The van der Waals surface area contributed by atoms with Gasteiger partial charge < -0.3 is 19.7 Å². The van der Waals surface area contributed by atoms with Gasteiger partial charge in [0.1, 0.15) is 5.82 Å². The summed E-state index contributed by atoms with van der Waals surface area (Å²) in [4.78, 5) is 1.94. The van der Waals surface area contributed by atoms with Crippen molar-refractivity contribution in [1.29, 1.82) is 0 Å². The number of benzene rings is 1. The monoisotopic (exact) mass is 296 g/mol. The first-order valence-electron chi connectivity index (χ1n) is 7.51. The lowest BCUT2D eigenvalue weighted by atomic mass is 10.1.